The molecule has 0 saturated heterocycles. The number of hydrogen-bond donors (Lipinski definition) is 1. The molecule has 0 spiro atoms. The molecule has 1 N–H and O–H groups in total. The molecule has 2 heterocycles. The van der Waals surface area contributed by atoms with Crippen LogP contribution in [-0.2, 0) is 6.54 Å². The first-order valence-corrected chi connectivity index (χ1v) is 7.37. The van der Waals surface area contributed by atoms with Gasteiger partial charge in [-0.1, -0.05) is 11.6 Å². The quantitative estimate of drug-likeness (QED) is 0.799. The summed E-state index contributed by atoms with van der Waals surface area (Å²) >= 11 is 6.15. The lowest BCUT2D eigenvalue weighted by Crippen LogP contribution is -2.23. The second-order valence-corrected chi connectivity index (χ2v) is 5.29. The van der Waals surface area contributed by atoms with Gasteiger partial charge in [-0.05, 0) is 35.9 Å². The third-order valence-corrected chi connectivity index (χ3v) is 3.75. The van der Waals surface area contributed by atoms with Crippen molar-refractivity contribution in [1.29, 1.82) is 0 Å². The molecule has 0 aliphatic heterocycles. The predicted molar refractivity (Wildman–Crippen MR) is 88.7 cm³/mol. The molecule has 0 aliphatic rings. The number of methoxy groups -OCH3 is 1. The monoisotopic (exact) mass is 327 g/mol. The van der Waals surface area contributed by atoms with Gasteiger partial charge >= 0.3 is 0 Å². The fraction of sp³-hybridized carbons (Fsp3) is 0.118. The molecule has 0 unspecified atom stereocenters. The highest BCUT2D eigenvalue weighted by Gasteiger charge is 2.12. The van der Waals surface area contributed by atoms with Crippen LogP contribution in [0.3, 0.4) is 0 Å². The minimum Gasteiger partial charge on any atom is -0.481 e. The first-order chi connectivity index (χ1) is 11.2. The van der Waals surface area contributed by atoms with Crippen LogP contribution in [0.5, 0.6) is 5.88 Å². The fourth-order valence-corrected chi connectivity index (χ4v) is 2.49. The number of nitrogens with zero attached hydrogens (tertiary/aromatic N) is 2. The standard InChI is InChI=1S/C17H14ClN3O2/c1-23-15-9-11(6-8-19-15)10-21-17(22)13-4-5-14(18)12-3-2-7-20-16(12)13/h2-9H,10H2,1H3,(H,21,22). The van der Waals surface area contributed by atoms with Gasteiger partial charge in [0.1, 0.15) is 0 Å². The van der Waals surface area contributed by atoms with E-state index in [2.05, 4.69) is 15.3 Å². The minimum atomic E-state index is -0.207. The van der Waals surface area contributed by atoms with E-state index < -0.39 is 0 Å². The number of ether oxygens (including phenoxy) is 1. The van der Waals surface area contributed by atoms with Crippen LogP contribution in [0.4, 0.5) is 0 Å². The summed E-state index contributed by atoms with van der Waals surface area (Å²) in [5, 5.41) is 4.20. The molecule has 116 valence electrons. The number of nitrogens with one attached hydrogen (secondary N) is 1. The molecule has 1 amide bonds. The van der Waals surface area contributed by atoms with Crippen molar-refractivity contribution in [1.82, 2.24) is 15.3 Å². The average molecular weight is 328 g/mol. The first-order valence-electron chi connectivity index (χ1n) is 6.99. The summed E-state index contributed by atoms with van der Waals surface area (Å²) in [4.78, 5) is 20.8. The van der Waals surface area contributed by atoms with Gasteiger partial charge in [-0.3, -0.25) is 9.78 Å². The Bertz CT molecular complexity index is 867. The molecule has 0 fully saturated rings. The number of benzene rings is 1. The summed E-state index contributed by atoms with van der Waals surface area (Å²) in [6, 6.07) is 10.6. The van der Waals surface area contributed by atoms with Crippen LogP contribution < -0.4 is 10.1 Å². The van der Waals surface area contributed by atoms with Crippen molar-refractivity contribution in [3.63, 3.8) is 0 Å². The largest absolute Gasteiger partial charge is 0.481 e. The normalized spacial score (nSPS) is 10.5. The summed E-state index contributed by atoms with van der Waals surface area (Å²) in [6.07, 6.45) is 3.28. The Morgan fingerprint density at radius 1 is 1.22 bits per heavy atom. The molecule has 0 bridgehead atoms. The zero-order valence-corrected chi connectivity index (χ0v) is 13.2. The van der Waals surface area contributed by atoms with Crippen molar-refractivity contribution >= 4 is 28.4 Å². The number of pyridine rings is 2. The summed E-state index contributed by atoms with van der Waals surface area (Å²) in [7, 11) is 1.55. The van der Waals surface area contributed by atoms with Gasteiger partial charge in [0.25, 0.3) is 5.91 Å². The van der Waals surface area contributed by atoms with Gasteiger partial charge < -0.3 is 10.1 Å². The number of fused-ring (bicyclic) bond motifs is 1. The number of halogens is 1. The topological polar surface area (TPSA) is 64.1 Å². The molecule has 5 nitrogen and oxygen atoms in total. The third kappa shape index (κ3) is 3.24. The number of carbonyl (C=O) groups excluding carboxylic acids is 1. The van der Waals surface area contributed by atoms with Gasteiger partial charge in [-0.2, -0.15) is 0 Å². The maximum atomic E-state index is 12.5. The van der Waals surface area contributed by atoms with Crippen molar-refractivity contribution in [2.24, 2.45) is 0 Å². The predicted octanol–water partition coefficient (Wildman–Crippen LogP) is 3.22. The van der Waals surface area contributed by atoms with Crippen LogP contribution in [0, 0.1) is 0 Å². The highest BCUT2D eigenvalue weighted by Crippen LogP contribution is 2.24. The van der Waals surface area contributed by atoms with Gasteiger partial charge in [0.05, 0.1) is 23.2 Å². The van der Waals surface area contributed by atoms with E-state index in [1.54, 1.807) is 43.8 Å². The van der Waals surface area contributed by atoms with Gasteiger partial charge in [0.15, 0.2) is 0 Å². The average Bonchev–Trinajstić information content (AvgIpc) is 2.60. The molecule has 2 aromatic heterocycles. The Kier molecular flexibility index (Phi) is 4.39. The Balaban J connectivity index is 1.82. The second kappa shape index (κ2) is 6.62. The van der Waals surface area contributed by atoms with Crippen LogP contribution in [0.15, 0.2) is 48.8 Å². The first kappa shape index (κ1) is 15.2. The number of carbonyl (C=O) groups is 1. The van der Waals surface area contributed by atoms with Crippen LogP contribution in [0.2, 0.25) is 5.02 Å². The molecule has 6 heteroatoms. The van der Waals surface area contributed by atoms with E-state index in [0.29, 0.717) is 28.5 Å². The summed E-state index contributed by atoms with van der Waals surface area (Å²) in [5.74, 6) is 0.302. The van der Waals surface area contributed by atoms with Crippen LogP contribution in [-0.4, -0.2) is 23.0 Å². The summed E-state index contributed by atoms with van der Waals surface area (Å²) in [6.45, 7) is 0.370. The number of rotatable bonds is 4. The van der Waals surface area contributed by atoms with E-state index in [4.69, 9.17) is 16.3 Å². The van der Waals surface area contributed by atoms with Crippen LogP contribution in [0.1, 0.15) is 15.9 Å². The van der Waals surface area contributed by atoms with Crippen molar-refractivity contribution < 1.29 is 9.53 Å². The van der Waals surface area contributed by atoms with Gasteiger partial charge in [-0.15, -0.1) is 0 Å². The van der Waals surface area contributed by atoms with Crippen LogP contribution in [0.25, 0.3) is 10.9 Å². The highest BCUT2D eigenvalue weighted by atomic mass is 35.5. The molecule has 3 rings (SSSR count). The SMILES string of the molecule is COc1cc(CNC(=O)c2ccc(Cl)c3cccnc23)ccn1. The zero-order valence-electron chi connectivity index (χ0n) is 12.4. The minimum absolute atomic E-state index is 0.207. The molecule has 0 saturated carbocycles. The Hall–Kier alpha value is -2.66. The highest BCUT2D eigenvalue weighted by molar-refractivity contribution is 6.36. The lowest BCUT2D eigenvalue weighted by molar-refractivity contribution is 0.0952. The van der Waals surface area contributed by atoms with Gasteiger partial charge in [0, 0.05) is 30.4 Å². The molecule has 1 aromatic carbocycles. The van der Waals surface area contributed by atoms with E-state index in [1.165, 1.54) is 0 Å². The second-order valence-electron chi connectivity index (χ2n) is 4.88. The van der Waals surface area contributed by atoms with E-state index in [0.717, 1.165) is 10.9 Å². The van der Waals surface area contributed by atoms with Crippen molar-refractivity contribution in [2.75, 3.05) is 7.11 Å². The number of hydrogen-bond acceptors (Lipinski definition) is 4. The Labute approximate surface area is 138 Å². The molecule has 3 aromatic rings. The lowest BCUT2D eigenvalue weighted by Gasteiger charge is -2.09. The Morgan fingerprint density at radius 2 is 2.09 bits per heavy atom. The maximum absolute atomic E-state index is 12.5. The van der Waals surface area contributed by atoms with Crippen molar-refractivity contribution in [3.8, 4) is 5.88 Å². The van der Waals surface area contributed by atoms with Gasteiger partial charge in [-0.25, -0.2) is 4.98 Å². The van der Waals surface area contributed by atoms with E-state index in [1.807, 2.05) is 12.1 Å². The van der Waals surface area contributed by atoms with Crippen LogP contribution >= 0.6 is 11.6 Å². The maximum Gasteiger partial charge on any atom is 0.253 e. The van der Waals surface area contributed by atoms with E-state index in [-0.39, 0.29) is 5.91 Å². The van der Waals surface area contributed by atoms with Crippen molar-refractivity contribution in [2.45, 2.75) is 6.54 Å². The van der Waals surface area contributed by atoms with Gasteiger partial charge in [0.2, 0.25) is 5.88 Å². The number of aromatic nitrogens is 2. The fourth-order valence-electron chi connectivity index (χ4n) is 2.27. The molecular formula is C17H14ClN3O2. The third-order valence-electron chi connectivity index (χ3n) is 3.42. The molecule has 23 heavy (non-hydrogen) atoms. The molecule has 0 aliphatic carbocycles. The smallest absolute Gasteiger partial charge is 0.253 e. The van der Waals surface area contributed by atoms with Crippen molar-refractivity contribution in [3.05, 3.63) is 64.9 Å². The zero-order chi connectivity index (χ0) is 16.2. The molecular weight excluding hydrogens is 314 g/mol. The Morgan fingerprint density at radius 3 is 2.91 bits per heavy atom. The lowest BCUT2D eigenvalue weighted by atomic mass is 10.1. The molecule has 0 atom stereocenters. The summed E-state index contributed by atoms with van der Waals surface area (Å²) < 4.78 is 5.07. The summed E-state index contributed by atoms with van der Waals surface area (Å²) in [5.41, 5.74) is 1.98. The van der Waals surface area contributed by atoms with E-state index >= 15 is 0 Å². The number of amides is 1. The molecule has 0 radical (unpaired) electrons. The van der Waals surface area contributed by atoms with E-state index in [9.17, 15) is 4.79 Å².